The Bertz CT molecular complexity index is 2050. The van der Waals surface area contributed by atoms with E-state index in [1.807, 2.05) is 36.8 Å². The van der Waals surface area contributed by atoms with E-state index in [1.54, 1.807) is 7.11 Å². The highest BCUT2D eigenvalue weighted by Crippen LogP contribution is 2.43. The van der Waals surface area contributed by atoms with Gasteiger partial charge >= 0.3 is 0 Å². The van der Waals surface area contributed by atoms with Crippen LogP contribution in [0.15, 0.2) is 48.7 Å². The molecule has 0 spiro atoms. The summed E-state index contributed by atoms with van der Waals surface area (Å²) >= 11 is 0. The van der Waals surface area contributed by atoms with Gasteiger partial charge in [0.15, 0.2) is 0 Å². The summed E-state index contributed by atoms with van der Waals surface area (Å²) in [7, 11) is 1.68. The zero-order valence-corrected chi connectivity index (χ0v) is 32.0. The number of imidazole rings is 2. The number of carbonyl (C=O) groups is 2. The van der Waals surface area contributed by atoms with Crippen molar-refractivity contribution in [2.24, 2.45) is 0 Å². The molecule has 10 nitrogen and oxygen atoms in total. The third-order valence-electron chi connectivity index (χ3n) is 10.7. The van der Waals surface area contributed by atoms with Crippen molar-refractivity contribution in [2.75, 3.05) is 13.7 Å². The van der Waals surface area contributed by atoms with E-state index in [0.717, 1.165) is 92.8 Å². The van der Waals surface area contributed by atoms with Crippen LogP contribution >= 0.6 is 0 Å². The summed E-state index contributed by atoms with van der Waals surface area (Å²) in [5.74, 6) is 2.64. The standard InChI is InChI=1S/C42H54N6O4/c1-9-13-38(49)47(25(5)11-3)26(6)41-43-22-36(45-41)29-15-17-32-30(19-29)23-52-37-21-33-28(20-34(32)37)16-18-35-40(33)46-42(44-35)27(7)48(39(50)14-10-2)31(12-4)24-51-8/h15-22,25-27,31H,9-14,23-24H2,1-8H3,(H,43,45)(H,44,46)/t25-,26-,27-,31+/m0/s1. The van der Waals surface area contributed by atoms with Crippen LogP contribution in [0.3, 0.4) is 0 Å². The van der Waals surface area contributed by atoms with Crippen molar-refractivity contribution in [3.05, 3.63) is 65.9 Å². The van der Waals surface area contributed by atoms with Gasteiger partial charge in [-0.3, -0.25) is 9.59 Å². The molecule has 3 heterocycles. The number of nitrogens with one attached hydrogen (secondary N) is 2. The van der Waals surface area contributed by atoms with Gasteiger partial charge in [-0.2, -0.15) is 0 Å². The van der Waals surface area contributed by atoms with Crippen LogP contribution in [-0.4, -0.2) is 67.4 Å². The molecule has 0 radical (unpaired) electrons. The first-order valence-corrected chi connectivity index (χ1v) is 19.0. The van der Waals surface area contributed by atoms with Crippen molar-refractivity contribution >= 4 is 33.6 Å². The lowest BCUT2D eigenvalue weighted by Crippen LogP contribution is -2.44. The quantitative estimate of drug-likeness (QED) is 0.112. The van der Waals surface area contributed by atoms with Crippen molar-refractivity contribution in [3.8, 4) is 28.1 Å². The van der Waals surface area contributed by atoms with Gasteiger partial charge in [0.2, 0.25) is 11.8 Å². The smallest absolute Gasteiger partial charge is 0.223 e. The third-order valence-corrected chi connectivity index (χ3v) is 10.7. The molecule has 10 heteroatoms. The molecule has 1 aliphatic heterocycles. The summed E-state index contributed by atoms with van der Waals surface area (Å²) in [4.78, 5) is 47.2. The van der Waals surface area contributed by atoms with Crippen LogP contribution in [-0.2, 0) is 20.9 Å². The summed E-state index contributed by atoms with van der Waals surface area (Å²) < 4.78 is 11.9. The van der Waals surface area contributed by atoms with E-state index in [-0.39, 0.29) is 36.0 Å². The van der Waals surface area contributed by atoms with Crippen molar-refractivity contribution < 1.29 is 19.1 Å². The molecule has 0 unspecified atom stereocenters. The Morgan fingerprint density at radius 3 is 2.29 bits per heavy atom. The molecule has 0 aliphatic carbocycles. The number of methoxy groups -OCH3 is 1. The second-order valence-electron chi connectivity index (χ2n) is 14.2. The molecule has 52 heavy (non-hydrogen) atoms. The number of hydrogen-bond donors (Lipinski definition) is 2. The van der Waals surface area contributed by atoms with E-state index in [0.29, 0.717) is 26.1 Å². The van der Waals surface area contributed by atoms with Crippen molar-refractivity contribution in [1.82, 2.24) is 29.7 Å². The molecule has 0 saturated carbocycles. The maximum absolute atomic E-state index is 13.3. The Morgan fingerprint density at radius 2 is 1.60 bits per heavy atom. The lowest BCUT2D eigenvalue weighted by molar-refractivity contribution is -0.138. The maximum atomic E-state index is 13.3. The third kappa shape index (κ3) is 7.05. The van der Waals surface area contributed by atoms with Gasteiger partial charge in [-0.05, 0) is 92.8 Å². The van der Waals surface area contributed by atoms with E-state index in [4.69, 9.17) is 19.4 Å². The number of carbonyl (C=O) groups excluding carboxylic acids is 2. The molecule has 5 aromatic rings. The summed E-state index contributed by atoms with van der Waals surface area (Å²) in [6.45, 7) is 15.4. The number of amides is 2. The Kier molecular flexibility index (Phi) is 11.3. The summed E-state index contributed by atoms with van der Waals surface area (Å²) in [5, 5.41) is 2.07. The van der Waals surface area contributed by atoms with E-state index in [1.165, 1.54) is 0 Å². The van der Waals surface area contributed by atoms with E-state index in [2.05, 4.69) is 80.1 Å². The minimum atomic E-state index is -0.242. The normalized spacial score (nSPS) is 14.7. The first-order chi connectivity index (χ1) is 25.1. The van der Waals surface area contributed by atoms with Crippen molar-refractivity contribution in [3.63, 3.8) is 0 Å². The van der Waals surface area contributed by atoms with Gasteiger partial charge in [-0.25, -0.2) is 9.97 Å². The predicted octanol–water partition coefficient (Wildman–Crippen LogP) is 9.27. The van der Waals surface area contributed by atoms with Crippen LogP contribution in [0.5, 0.6) is 5.75 Å². The largest absolute Gasteiger partial charge is 0.488 e. The number of aromatic amines is 2. The molecular formula is C42H54N6O4. The van der Waals surface area contributed by atoms with Crippen LogP contribution in [0.2, 0.25) is 0 Å². The molecule has 2 aromatic heterocycles. The molecule has 6 rings (SSSR count). The Morgan fingerprint density at radius 1 is 0.865 bits per heavy atom. The number of aromatic nitrogens is 4. The lowest BCUT2D eigenvalue weighted by atomic mass is 9.92. The molecule has 1 aliphatic rings. The van der Waals surface area contributed by atoms with Crippen molar-refractivity contribution in [2.45, 2.75) is 118 Å². The molecule has 0 bridgehead atoms. The highest BCUT2D eigenvalue weighted by atomic mass is 16.5. The Hall–Kier alpha value is -4.70. The number of benzene rings is 3. The molecule has 2 amide bonds. The van der Waals surface area contributed by atoms with Gasteiger partial charge in [0, 0.05) is 36.9 Å². The van der Waals surface area contributed by atoms with Gasteiger partial charge in [-0.1, -0.05) is 45.9 Å². The zero-order chi connectivity index (χ0) is 37.1. The average Bonchev–Trinajstić information content (AvgIpc) is 3.82. The first-order valence-electron chi connectivity index (χ1n) is 19.0. The summed E-state index contributed by atoms with van der Waals surface area (Å²) in [6, 6.07) is 14.6. The highest BCUT2D eigenvalue weighted by Gasteiger charge is 2.31. The number of rotatable bonds is 15. The number of ether oxygens (including phenoxy) is 2. The Labute approximate surface area is 307 Å². The zero-order valence-electron chi connectivity index (χ0n) is 32.0. The van der Waals surface area contributed by atoms with E-state index in [9.17, 15) is 9.59 Å². The molecule has 276 valence electrons. The fraction of sp³-hybridized carbons (Fsp3) is 0.476. The minimum absolute atomic E-state index is 0.0370. The molecule has 4 atom stereocenters. The van der Waals surface area contributed by atoms with Crippen LogP contribution < -0.4 is 4.74 Å². The summed E-state index contributed by atoms with van der Waals surface area (Å²) in [5.41, 5.74) is 7.00. The minimum Gasteiger partial charge on any atom is -0.488 e. The number of nitrogens with zero attached hydrogens (tertiary/aromatic N) is 4. The maximum Gasteiger partial charge on any atom is 0.223 e. The highest BCUT2D eigenvalue weighted by molar-refractivity contribution is 6.07. The van der Waals surface area contributed by atoms with Gasteiger partial charge in [0.25, 0.3) is 0 Å². The van der Waals surface area contributed by atoms with Gasteiger partial charge in [0.05, 0.1) is 47.7 Å². The van der Waals surface area contributed by atoms with Crippen molar-refractivity contribution in [1.29, 1.82) is 0 Å². The van der Waals surface area contributed by atoms with Crippen LogP contribution in [0.25, 0.3) is 44.2 Å². The van der Waals surface area contributed by atoms with E-state index < -0.39 is 0 Å². The number of fused-ring (bicyclic) bond motifs is 6. The molecular weight excluding hydrogens is 652 g/mol. The first kappa shape index (κ1) is 37.1. The van der Waals surface area contributed by atoms with Crippen LogP contribution in [0, 0.1) is 0 Å². The number of hydrogen-bond acceptors (Lipinski definition) is 6. The lowest BCUT2D eigenvalue weighted by Gasteiger charge is -2.35. The van der Waals surface area contributed by atoms with Gasteiger partial charge in [0.1, 0.15) is 24.0 Å². The SMILES string of the molecule is CCCC(=O)N([C@H](CC)COC)[C@@H](C)c1nc2c(ccc3cc4c(cc32)OCc2cc(-c3cnc([C@H](C)N(C(=O)CCC)[C@@H](C)CC)[nH]3)ccc2-4)[nH]1. The number of H-pyrrole nitrogens is 2. The van der Waals surface area contributed by atoms with Gasteiger partial charge < -0.3 is 29.2 Å². The molecule has 0 saturated heterocycles. The fourth-order valence-corrected chi connectivity index (χ4v) is 7.68. The Balaban J connectivity index is 1.29. The van der Waals surface area contributed by atoms with E-state index >= 15 is 0 Å². The summed E-state index contributed by atoms with van der Waals surface area (Å²) in [6.07, 6.45) is 6.17. The van der Waals surface area contributed by atoms with Crippen LogP contribution in [0.1, 0.15) is 116 Å². The second-order valence-corrected chi connectivity index (χ2v) is 14.2. The average molecular weight is 707 g/mol. The second kappa shape index (κ2) is 15.9. The monoisotopic (exact) mass is 706 g/mol. The topological polar surface area (TPSA) is 116 Å². The predicted molar refractivity (Wildman–Crippen MR) is 207 cm³/mol. The molecule has 3 aromatic carbocycles. The molecule has 2 N–H and O–H groups in total. The van der Waals surface area contributed by atoms with Crippen LogP contribution in [0.4, 0.5) is 0 Å². The fourth-order valence-electron chi connectivity index (χ4n) is 7.68. The van der Waals surface area contributed by atoms with Gasteiger partial charge in [-0.15, -0.1) is 0 Å². The molecule has 0 fully saturated rings.